The Balaban J connectivity index is 1.70. The van der Waals surface area contributed by atoms with Gasteiger partial charge in [-0.15, -0.1) is 0 Å². The average molecular weight is 316 g/mol. The van der Waals surface area contributed by atoms with Gasteiger partial charge in [-0.1, -0.05) is 6.07 Å². The fraction of sp³-hybridized carbons (Fsp3) is 0.0588. The highest BCUT2D eigenvalue weighted by atomic mass is 16.6. The first-order chi connectivity index (χ1) is 11.8. The van der Waals surface area contributed by atoms with Crippen LogP contribution in [0.25, 0.3) is 44.3 Å². The maximum atomic E-state index is 4.77. The van der Waals surface area contributed by atoms with Crippen LogP contribution in [0.4, 0.5) is 0 Å². The van der Waals surface area contributed by atoms with Crippen molar-refractivity contribution in [3.05, 3.63) is 49.1 Å². The fourth-order valence-electron chi connectivity index (χ4n) is 2.92. The van der Waals surface area contributed by atoms with Crippen molar-refractivity contribution in [2.24, 2.45) is 7.05 Å². The molecule has 0 radical (unpaired) electrons. The monoisotopic (exact) mass is 316 g/mol. The van der Waals surface area contributed by atoms with E-state index in [0.29, 0.717) is 0 Å². The molecule has 1 aromatic carbocycles. The summed E-state index contributed by atoms with van der Waals surface area (Å²) in [5.41, 5.74) is 6.49. The molecule has 0 fully saturated rings. The predicted molar refractivity (Wildman–Crippen MR) is 89.1 cm³/mol. The summed E-state index contributed by atoms with van der Waals surface area (Å²) in [7, 11) is 1.90. The Kier molecular flexibility index (Phi) is 2.58. The van der Waals surface area contributed by atoms with E-state index in [0.717, 1.165) is 44.3 Å². The molecule has 24 heavy (non-hydrogen) atoms. The first kappa shape index (κ1) is 13.0. The third-order valence-corrected chi connectivity index (χ3v) is 4.13. The van der Waals surface area contributed by atoms with Crippen LogP contribution in [0.5, 0.6) is 0 Å². The summed E-state index contributed by atoms with van der Waals surface area (Å²) in [5.74, 6) is 0. The van der Waals surface area contributed by atoms with Gasteiger partial charge in [0, 0.05) is 47.7 Å². The van der Waals surface area contributed by atoms with Crippen molar-refractivity contribution in [2.75, 3.05) is 0 Å². The molecule has 0 saturated heterocycles. The molecule has 0 saturated carbocycles. The minimum absolute atomic E-state index is 0.734. The number of hydrogen-bond donors (Lipinski definition) is 1. The van der Waals surface area contributed by atoms with Crippen LogP contribution in [-0.2, 0) is 7.05 Å². The maximum absolute atomic E-state index is 4.77. The molecule has 4 heterocycles. The minimum atomic E-state index is 0.734. The van der Waals surface area contributed by atoms with Gasteiger partial charge in [-0.2, -0.15) is 5.10 Å². The van der Waals surface area contributed by atoms with Gasteiger partial charge in [0.25, 0.3) is 0 Å². The number of H-pyrrole nitrogens is 1. The lowest BCUT2D eigenvalue weighted by Gasteiger charge is -2.01. The van der Waals surface area contributed by atoms with Crippen LogP contribution < -0.4 is 0 Å². The number of nitrogens with one attached hydrogen (secondary N) is 1. The predicted octanol–water partition coefficient (Wildman–Crippen LogP) is 3.17. The molecule has 0 amide bonds. The number of benzene rings is 1. The van der Waals surface area contributed by atoms with E-state index >= 15 is 0 Å². The number of aromatic nitrogens is 6. The summed E-state index contributed by atoms with van der Waals surface area (Å²) < 4.78 is 6.56. The number of fused-ring (bicyclic) bond motifs is 2. The van der Waals surface area contributed by atoms with E-state index in [2.05, 4.69) is 31.4 Å². The summed E-state index contributed by atoms with van der Waals surface area (Å²) in [4.78, 5) is 7.75. The molecule has 0 spiro atoms. The van der Waals surface area contributed by atoms with Gasteiger partial charge < -0.3 is 4.98 Å². The zero-order chi connectivity index (χ0) is 16.1. The standard InChI is InChI=1S/C17H12N6O/c1-23-9-12(7-20-23)11-4-13-14(8-19-17(13)18-6-11)10-2-3-15-16(5-10)22-24-21-15/h2-9H,1H3,(H,18,19). The third-order valence-electron chi connectivity index (χ3n) is 4.13. The molecule has 7 nitrogen and oxygen atoms in total. The summed E-state index contributed by atoms with van der Waals surface area (Å²) in [6.07, 6.45) is 7.62. The molecule has 5 aromatic rings. The molecule has 7 heteroatoms. The quantitative estimate of drug-likeness (QED) is 0.540. The molecule has 4 aromatic heterocycles. The van der Waals surface area contributed by atoms with E-state index in [1.165, 1.54) is 0 Å². The molecule has 0 unspecified atom stereocenters. The number of nitrogens with zero attached hydrogens (tertiary/aromatic N) is 5. The third kappa shape index (κ3) is 1.91. The summed E-state index contributed by atoms with van der Waals surface area (Å²) in [5, 5.41) is 13.0. The number of aryl methyl sites for hydroxylation is 1. The lowest BCUT2D eigenvalue weighted by molar-refractivity contribution is 0.315. The van der Waals surface area contributed by atoms with Crippen LogP contribution in [0.15, 0.2) is 53.7 Å². The highest BCUT2D eigenvalue weighted by molar-refractivity contribution is 5.97. The van der Waals surface area contributed by atoms with Crippen molar-refractivity contribution in [3.8, 4) is 22.3 Å². The van der Waals surface area contributed by atoms with Gasteiger partial charge in [-0.3, -0.25) is 4.68 Å². The molecule has 0 aliphatic heterocycles. The van der Waals surface area contributed by atoms with Crippen LogP contribution in [0.1, 0.15) is 0 Å². The molecular weight excluding hydrogens is 304 g/mol. The molecule has 116 valence electrons. The van der Waals surface area contributed by atoms with Crippen molar-refractivity contribution < 1.29 is 4.63 Å². The Hall–Kier alpha value is -3.48. The zero-order valence-electron chi connectivity index (χ0n) is 12.8. The second-order valence-corrected chi connectivity index (χ2v) is 5.69. The maximum Gasteiger partial charge on any atom is 0.137 e. The van der Waals surface area contributed by atoms with E-state index in [1.807, 2.05) is 50.0 Å². The van der Waals surface area contributed by atoms with E-state index in [-0.39, 0.29) is 0 Å². The van der Waals surface area contributed by atoms with Crippen LogP contribution in [0, 0.1) is 0 Å². The second-order valence-electron chi connectivity index (χ2n) is 5.69. The molecule has 0 aliphatic rings. The van der Waals surface area contributed by atoms with Crippen LogP contribution in [-0.4, -0.2) is 30.1 Å². The number of rotatable bonds is 2. The Morgan fingerprint density at radius 2 is 1.92 bits per heavy atom. The van der Waals surface area contributed by atoms with Crippen molar-refractivity contribution >= 4 is 22.1 Å². The van der Waals surface area contributed by atoms with E-state index in [9.17, 15) is 0 Å². The first-order valence-electron chi connectivity index (χ1n) is 7.47. The van der Waals surface area contributed by atoms with Crippen molar-refractivity contribution in [1.29, 1.82) is 0 Å². The molecule has 1 N–H and O–H groups in total. The fourth-order valence-corrected chi connectivity index (χ4v) is 2.92. The molecule has 0 aliphatic carbocycles. The zero-order valence-corrected chi connectivity index (χ0v) is 12.8. The van der Waals surface area contributed by atoms with E-state index < -0.39 is 0 Å². The lowest BCUT2D eigenvalue weighted by Crippen LogP contribution is -1.84. The molecule has 5 rings (SSSR count). The van der Waals surface area contributed by atoms with E-state index in [4.69, 9.17) is 4.63 Å². The van der Waals surface area contributed by atoms with E-state index in [1.54, 1.807) is 4.68 Å². The van der Waals surface area contributed by atoms with Crippen LogP contribution in [0.3, 0.4) is 0 Å². The Morgan fingerprint density at radius 1 is 1.00 bits per heavy atom. The number of pyridine rings is 1. The lowest BCUT2D eigenvalue weighted by atomic mass is 10.0. The van der Waals surface area contributed by atoms with Crippen LogP contribution in [0.2, 0.25) is 0 Å². The summed E-state index contributed by atoms with van der Waals surface area (Å²) >= 11 is 0. The van der Waals surface area contributed by atoms with Crippen molar-refractivity contribution in [2.45, 2.75) is 0 Å². The second kappa shape index (κ2) is 4.76. The Labute approximate surface area is 135 Å². The van der Waals surface area contributed by atoms with Crippen LogP contribution >= 0.6 is 0 Å². The number of aromatic amines is 1. The highest BCUT2D eigenvalue weighted by Gasteiger charge is 2.11. The van der Waals surface area contributed by atoms with Crippen molar-refractivity contribution in [1.82, 2.24) is 30.1 Å². The topological polar surface area (TPSA) is 85.4 Å². The van der Waals surface area contributed by atoms with Gasteiger partial charge >= 0.3 is 0 Å². The first-order valence-corrected chi connectivity index (χ1v) is 7.47. The summed E-state index contributed by atoms with van der Waals surface area (Å²) in [6, 6.07) is 7.99. The molecule has 0 atom stereocenters. The number of hydrogen-bond acceptors (Lipinski definition) is 5. The normalized spacial score (nSPS) is 11.5. The Bertz CT molecular complexity index is 1180. The summed E-state index contributed by atoms with van der Waals surface area (Å²) in [6.45, 7) is 0. The van der Waals surface area contributed by atoms with Gasteiger partial charge in [0.15, 0.2) is 0 Å². The SMILES string of the molecule is Cn1cc(-c2cnc3[nH]cc(-c4ccc5nonc5c4)c3c2)cn1. The minimum Gasteiger partial charge on any atom is -0.346 e. The smallest absolute Gasteiger partial charge is 0.137 e. The highest BCUT2D eigenvalue weighted by Crippen LogP contribution is 2.31. The Morgan fingerprint density at radius 3 is 2.79 bits per heavy atom. The van der Waals surface area contributed by atoms with Gasteiger partial charge in [0.05, 0.1) is 6.20 Å². The van der Waals surface area contributed by atoms with Crippen molar-refractivity contribution in [3.63, 3.8) is 0 Å². The van der Waals surface area contributed by atoms with Gasteiger partial charge in [-0.05, 0) is 34.1 Å². The van der Waals surface area contributed by atoms with Gasteiger partial charge in [-0.25, -0.2) is 9.61 Å². The van der Waals surface area contributed by atoms with Gasteiger partial charge in [0.1, 0.15) is 16.7 Å². The van der Waals surface area contributed by atoms with Gasteiger partial charge in [0.2, 0.25) is 0 Å². The molecule has 0 bridgehead atoms. The average Bonchev–Trinajstić information content (AvgIpc) is 3.32. The molecular formula is C17H12N6O. The largest absolute Gasteiger partial charge is 0.346 e.